The van der Waals surface area contributed by atoms with E-state index >= 15 is 0 Å². The van der Waals surface area contributed by atoms with E-state index in [1.807, 2.05) is 0 Å². The number of anilines is 1. The second-order valence-electron chi connectivity index (χ2n) is 4.89. The van der Waals surface area contributed by atoms with Gasteiger partial charge in [-0.1, -0.05) is 0 Å². The van der Waals surface area contributed by atoms with E-state index in [2.05, 4.69) is 25.5 Å². The molecule has 18 heavy (non-hydrogen) atoms. The average Bonchev–Trinajstić information content (AvgIpc) is 2.77. The Balaban J connectivity index is 1.75. The Morgan fingerprint density at radius 3 is 2.50 bits per heavy atom. The number of nitrogens with one attached hydrogen (secondary N) is 2. The number of piperazine rings is 1. The van der Waals surface area contributed by atoms with Crippen LogP contribution in [0, 0.1) is 0 Å². The number of nitrogens with zero attached hydrogens (tertiary/aromatic N) is 3. The second kappa shape index (κ2) is 4.53. The number of amides is 1. The molecule has 6 heteroatoms. The van der Waals surface area contributed by atoms with Gasteiger partial charge >= 0.3 is 0 Å². The van der Waals surface area contributed by atoms with E-state index in [0.29, 0.717) is 17.6 Å². The van der Waals surface area contributed by atoms with E-state index in [1.165, 1.54) is 12.8 Å². The molecule has 2 fully saturated rings. The van der Waals surface area contributed by atoms with Gasteiger partial charge in [-0.3, -0.25) is 4.79 Å². The summed E-state index contributed by atoms with van der Waals surface area (Å²) in [6, 6.07) is 1.12. The molecule has 2 atom stereocenters. The van der Waals surface area contributed by atoms with Crippen LogP contribution in [0.3, 0.4) is 0 Å². The van der Waals surface area contributed by atoms with Crippen molar-refractivity contribution in [1.82, 2.24) is 20.6 Å². The normalized spacial score (nSPS) is 26.2. The topological polar surface area (TPSA) is 70.2 Å². The molecule has 1 aromatic heterocycles. The lowest BCUT2D eigenvalue weighted by atomic mass is 10.2. The first-order valence-corrected chi connectivity index (χ1v) is 6.31. The zero-order valence-corrected chi connectivity index (χ0v) is 10.4. The third-order valence-electron chi connectivity index (χ3n) is 3.63. The molecule has 0 aliphatic carbocycles. The van der Waals surface area contributed by atoms with Crippen LogP contribution in [-0.2, 0) is 0 Å². The fraction of sp³-hybridized carbons (Fsp3) is 0.583. The molecule has 3 rings (SSSR count). The summed E-state index contributed by atoms with van der Waals surface area (Å²) in [5, 5.41) is 6.13. The van der Waals surface area contributed by atoms with E-state index in [4.69, 9.17) is 0 Å². The molecule has 3 heterocycles. The predicted octanol–water partition coefficient (Wildman–Crippen LogP) is -0.223. The van der Waals surface area contributed by atoms with Gasteiger partial charge in [-0.25, -0.2) is 9.97 Å². The van der Waals surface area contributed by atoms with Crippen LogP contribution in [0.15, 0.2) is 12.4 Å². The lowest BCUT2D eigenvalue weighted by molar-refractivity contribution is 0.0962. The van der Waals surface area contributed by atoms with Crippen LogP contribution >= 0.6 is 0 Å². The number of fused-ring (bicyclic) bond motifs is 2. The second-order valence-corrected chi connectivity index (χ2v) is 4.89. The number of aromatic nitrogens is 2. The summed E-state index contributed by atoms with van der Waals surface area (Å²) in [5.41, 5.74) is 0.499. The Bertz CT molecular complexity index is 434. The maximum atomic E-state index is 11.4. The number of hydrogen-bond donors (Lipinski definition) is 2. The zero-order valence-electron chi connectivity index (χ0n) is 10.4. The lowest BCUT2D eigenvalue weighted by Gasteiger charge is -2.32. The third kappa shape index (κ3) is 2.03. The zero-order chi connectivity index (χ0) is 12.5. The predicted molar refractivity (Wildman–Crippen MR) is 67.6 cm³/mol. The molecular weight excluding hydrogens is 230 g/mol. The quantitative estimate of drug-likeness (QED) is 0.756. The highest BCUT2D eigenvalue weighted by Crippen LogP contribution is 2.22. The van der Waals surface area contributed by atoms with Gasteiger partial charge in [-0.2, -0.15) is 0 Å². The van der Waals surface area contributed by atoms with Crippen LogP contribution < -0.4 is 15.5 Å². The van der Waals surface area contributed by atoms with Crippen LogP contribution in [-0.4, -0.2) is 48.1 Å². The average molecular weight is 247 g/mol. The van der Waals surface area contributed by atoms with E-state index in [-0.39, 0.29) is 5.91 Å². The standard InChI is InChI=1S/C12H17N5O/c1-13-11(18)8-4-14-12(15-5-8)17-6-9-2-3-10(7-17)16-9/h4-5,9-10,16H,2-3,6-7H2,1H3,(H,13,18). The Labute approximate surface area is 106 Å². The van der Waals surface area contributed by atoms with Crippen molar-refractivity contribution < 1.29 is 4.79 Å². The molecule has 2 aliphatic rings. The smallest absolute Gasteiger partial charge is 0.254 e. The monoisotopic (exact) mass is 247 g/mol. The maximum absolute atomic E-state index is 11.4. The van der Waals surface area contributed by atoms with Crippen molar-refractivity contribution in [2.75, 3.05) is 25.0 Å². The first-order valence-electron chi connectivity index (χ1n) is 6.31. The third-order valence-corrected chi connectivity index (χ3v) is 3.63. The molecule has 1 amide bonds. The molecule has 1 aromatic rings. The minimum absolute atomic E-state index is 0.151. The molecule has 0 spiro atoms. The molecule has 96 valence electrons. The van der Waals surface area contributed by atoms with Crippen molar-refractivity contribution >= 4 is 11.9 Å². The van der Waals surface area contributed by atoms with Gasteiger partial charge in [0.2, 0.25) is 5.95 Å². The summed E-state index contributed by atoms with van der Waals surface area (Å²) in [4.78, 5) is 22.2. The van der Waals surface area contributed by atoms with Gasteiger partial charge in [-0.15, -0.1) is 0 Å². The van der Waals surface area contributed by atoms with Crippen LogP contribution in [0.25, 0.3) is 0 Å². The number of carbonyl (C=O) groups excluding carboxylic acids is 1. The molecule has 2 N–H and O–H groups in total. The molecule has 0 radical (unpaired) electrons. The highest BCUT2D eigenvalue weighted by molar-refractivity contribution is 5.93. The van der Waals surface area contributed by atoms with Crippen molar-refractivity contribution in [3.63, 3.8) is 0 Å². The van der Waals surface area contributed by atoms with Gasteiger partial charge in [0.05, 0.1) is 5.56 Å². The van der Waals surface area contributed by atoms with Crippen LogP contribution in [0.1, 0.15) is 23.2 Å². The molecule has 2 bridgehead atoms. The van der Waals surface area contributed by atoms with Crippen LogP contribution in [0.5, 0.6) is 0 Å². The molecule has 2 aliphatic heterocycles. The van der Waals surface area contributed by atoms with Crippen molar-refractivity contribution in [3.8, 4) is 0 Å². The van der Waals surface area contributed by atoms with Gasteiger partial charge in [0, 0.05) is 44.6 Å². The number of rotatable bonds is 2. The molecule has 2 saturated heterocycles. The van der Waals surface area contributed by atoms with Gasteiger partial charge in [0.25, 0.3) is 5.91 Å². The van der Waals surface area contributed by atoms with Crippen LogP contribution in [0.4, 0.5) is 5.95 Å². The molecule has 0 aromatic carbocycles. The van der Waals surface area contributed by atoms with E-state index in [9.17, 15) is 4.79 Å². The summed E-state index contributed by atoms with van der Waals surface area (Å²) in [7, 11) is 1.60. The van der Waals surface area contributed by atoms with E-state index in [0.717, 1.165) is 19.0 Å². The van der Waals surface area contributed by atoms with Gasteiger partial charge in [0.1, 0.15) is 0 Å². The number of hydrogen-bond acceptors (Lipinski definition) is 5. The summed E-state index contributed by atoms with van der Waals surface area (Å²) in [6.45, 7) is 1.91. The Morgan fingerprint density at radius 1 is 1.33 bits per heavy atom. The Hall–Kier alpha value is -1.69. The summed E-state index contributed by atoms with van der Waals surface area (Å²) in [6.07, 6.45) is 5.64. The maximum Gasteiger partial charge on any atom is 0.254 e. The fourth-order valence-corrected chi connectivity index (χ4v) is 2.71. The van der Waals surface area contributed by atoms with Gasteiger partial charge in [-0.05, 0) is 12.8 Å². The van der Waals surface area contributed by atoms with Gasteiger partial charge in [0.15, 0.2) is 0 Å². The lowest BCUT2D eigenvalue weighted by Crippen LogP contribution is -2.51. The summed E-state index contributed by atoms with van der Waals surface area (Å²) in [5.74, 6) is 0.572. The molecule has 6 nitrogen and oxygen atoms in total. The first-order chi connectivity index (χ1) is 8.76. The molecule has 0 saturated carbocycles. The van der Waals surface area contributed by atoms with Crippen LogP contribution in [0.2, 0.25) is 0 Å². The summed E-state index contributed by atoms with van der Waals surface area (Å²) >= 11 is 0. The highest BCUT2D eigenvalue weighted by Gasteiger charge is 2.33. The van der Waals surface area contributed by atoms with E-state index < -0.39 is 0 Å². The van der Waals surface area contributed by atoms with Crippen molar-refractivity contribution in [2.24, 2.45) is 0 Å². The SMILES string of the molecule is CNC(=O)c1cnc(N2CC3CCC(C2)N3)nc1. The minimum atomic E-state index is -0.151. The van der Waals surface area contributed by atoms with Crippen molar-refractivity contribution in [1.29, 1.82) is 0 Å². The van der Waals surface area contributed by atoms with Gasteiger partial charge < -0.3 is 15.5 Å². The van der Waals surface area contributed by atoms with Crippen molar-refractivity contribution in [3.05, 3.63) is 18.0 Å². The fourth-order valence-electron chi connectivity index (χ4n) is 2.71. The molecule has 2 unspecified atom stereocenters. The Morgan fingerprint density at radius 2 is 1.94 bits per heavy atom. The van der Waals surface area contributed by atoms with Crippen molar-refractivity contribution in [2.45, 2.75) is 24.9 Å². The molecular formula is C12H17N5O. The van der Waals surface area contributed by atoms with E-state index in [1.54, 1.807) is 19.4 Å². The minimum Gasteiger partial charge on any atom is -0.355 e. The first kappa shape index (κ1) is 11.4. The summed E-state index contributed by atoms with van der Waals surface area (Å²) < 4.78 is 0. The highest BCUT2D eigenvalue weighted by atomic mass is 16.1. The number of carbonyl (C=O) groups is 1. The largest absolute Gasteiger partial charge is 0.355 e. The Kier molecular flexibility index (Phi) is 2.87.